The van der Waals surface area contributed by atoms with Crippen molar-refractivity contribution in [3.8, 4) is 0 Å². The van der Waals surface area contributed by atoms with E-state index in [0.29, 0.717) is 19.7 Å². The van der Waals surface area contributed by atoms with Crippen LogP contribution in [0.1, 0.15) is 22.5 Å². The molecule has 0 radical (unpaired) electrons. The second kappa shape index (κ2) is 7.40. The van der Waals surface area contributed by atoms with Gasteiger partial charge in [0.25, 0.3) is 0 Å². The number of ether oxygens (including phenoxy) is 1. The lowest BCUT2D eigenvalue weighted by Gasteiger charge is -2.02. The molecule has 106 valence electrons. The maximum atomic E-state index is 11.7. The smallest absolute Gasteiger partial charge is 0.360 e. The fourth-order valence-electron chi connectivity index (χ4n) is 1.79. The van der Waals surface area contributed by atoms with Gasteiger partial charge in [-0.1, -0.05) is 35.5 Å². The van der Waals surface area contributed by atoms with Gasteiger partial charge in [-0.3, -0.25) is 4.68 Å². The fraction of sp³-hybridized carbons (Fsp3) is 0.357. The maximum Gasteiger partial charge on any atom is 0.360 e. The van der Waals surface area contributed by atoms with Gasteiger partial charge in [-0.25, -0.2) is 4.79 Å². The van der Waals surface area contributed by atoms with Gasteiger partial charge < -0.3 is 10.5 Å². The average molecular weight is 274 g/mol. The maximum absolute atomic E-state index is 11.7. The molecule has 20 heavy (non-hydrogen) atoms. The number of benzene rings is 1. The highest BCUT2D eigenvalue weighted by Crippen LogP contribution is 2.03. The van der Waals surface area contributed by atoms with E-state index in [2.05, 4.69) is 22.4 Å². The van der Waals surface area contributed by atoms with Crippen LogP contribution in [0.5, 0.6) is 0 Å². The Balaban J connectivity index is 1.72. The third-order valence-electron chi connectivity index (χ3n) is 2.79. The summed E-state index contributed by atoms with van der Waals surface area (Å²) in [4.78, 5) is 11.7. The molecule has 6 nitrogen and oxygen atoms in total. The molecule has 0 bridgehead atoms. The van der Waals surface area contributed by atoms with Crippen molar-refractivity contribution in [3.05, 3.63) is 47.8 Å². The summed E-state index contributed by atoms with van der Waals surface area (Å²) < 4.78 is 6.68. The van der Waals surface area contributed by atoms with Crippen LogP contribution in [0.25, 0.3) is 0 Å². The lowest BCUT2D eigenvalue weighted by atomic mass is 10.1. The summed E-state index contributed by atoms with van der Waals surface area (Å²) >= 11 is 0. The second-order valence-corrected chi connectivity index (χ2v) is 4.38. The number of aryl methyl sites for hydroxylation is 1. The quantitative estimate of drug-likeness (QED) is 0.602. The first-order valence-corrected chi connectivity index (χ1v) is 6.61. The number of esters is 1. The molecule has 0 spiro atoms. The van der Waals surface area contributed by atoms with Gasteiger partial charge in [-0.2, -0.15) is 0 Å². The molecular formula is C14H18N4O2. The van der Waals surface area contributed by atoms with Crippen molar-refractivity contribution in [2.75, 3.05) is 13.2 Å². The Bertz CT molecular complexity index is 539. The standard InChI is InChI=1S/C14H18N4O2/c15-8-9-18-11-13(16-17-18)14(19)20-10-4-7-12-5-2-1-3-6-12/h1-3,5-6,11H,4,7-10,15H2. The van der Waals surface area contributed by atoms with Crippen molar-refractivity contribution < 1.29 is 9.53 Å². The zero-order valence-electron chi connectivity index (χ0n) is 11.2. The highest BCUT2D eigenvalue weighted by molar-refractivity contribution is 5.86. The van der Waals surface area contributed by atoms with Gasteiger partial charge in [0.15, 0.2) is 5.69 Å². The normalized spacial score (nSPS) is 10.4. The van der Waals surface area contributed by atoms with Crippen molar-refractivity contribution in [3.63, 3.8) is 0 Å². The molecule has 0 atom stereocenters. The summed E-state index contributed by atoms with van der Waals surface area (Å²) in [7, 11) is 0. The summed E-state index contributed by atoms with van der Waals surface area (Å²) in [5.74, 6) is -0.443. The van der Waals surface area contributed by atoms with Crippen LogP contribution in [0.15, 0.2) is 36.5 Å². The molecule has 1 heterocycles. The van der Waals surface area contributed by atoms with Crippen LogP contribution >= 0.6 is 0 Å². The summed E-state index contributed by atoms with van der Waals surface area (Å²) in [5, 5.41) is 7.54. The molecule has 0 aliphatic rings. The highest BCUT2D eigenvalue weighted by atomic mass is 16.5. The zero-order chi connectivity index (χ0) is 14.2. The number of carbonyl (C=O) groups is 1. The van der Waals surface area contributed by atoms with Crippen LogP contribution in [-0.2, 0) is 17.7 Å². The van der Waals surface area contributed by atoms with E-state index in [-0.39, 0.29) is 5.69 Å². The van der Waals surface area contributed by atoms with E-state index in [4.69, 9.17) is 10.5 Å². The predicted molar refractivity (Wildman–Crippen MR) is 74.1 cm³/mol. The number of carbonyl (C=O) groups excluding carboxylic acids is 1. The van der Waals surface area contributed by atoms with Gasteiger partial charge in [0.05, 0.1) is 19.3 Å². The number of aromatic nitrogens is 3. The van der Waals surface area contributed by atoms with Crippen LogP contribution < -0.4 is 5.73 Å². The number of hydrogen-bond donors (Lipinski definition) is 1. The average Bonchev–Trinajstić information content (AvgIpc) is 2.94. The van der Waals surface area contributed by atoms with Gasteiger partial charge in [0.2, 0.25) is 0 Å². The Morgan fingerprint density at radius 1 is 1.30 bits per heavy atom. The van der Waals surface area contributed by atoms with Crippen LogP contribution in [0.3, 0.4) is 0 Å². The molecule has 2 N–H and O–H groups in total. The number of hydrogen-bond acceptors (Lipinski definition) is 5. The molecule has 0 unspecified atom stereocenters. The van der Waals surface area contributed by atoms with Crippen molar-refractivity contribution >= 4 is 5.97 Å². The third-order valence-corrected chi connectivity index (χ3v) is 2.79. The fourth-order valence-corrected chi connectivity index (χ4v) is 1.79. The van der Waals surface area contributed by atoms with Crippen LogP contribution in [0.4, 0.5) is 0 Å². The van der Waals surface area contributed by atoms with Gasteiger partial charge >= 0.3 is 5.97 Å². The minimum atomic E-state index is -0.443. The monoisotopic (exact) mass is 274 g/mol. The molecule has 0 amide bonds. The number of nitrogens with two attached hydrogens (primary N) is 1. The molecule has 0 fully saturated rings. The number of rotatable bonds is 7. The topological polar surface area (TPSA) is 83.0 Å². The molecule has 1 aromatic heterocycles. The Hall–Kier alpha value is -2.21. The van der Waals surface area contributed by atoms with Gasteiger partial charge in [-0.05, 0) is 18.4 Å². The van der Waals surface area contributed by atoms with E-state index >= 15 is 0 Å². The molecule has 0 saturated carbocycles. The van der Waals surface area contributed by atoms with Gasteiger partial charge in [-0.15, -0.1) is 5.10 Å². The lowest BCUT2D eigenvalue weighted by Crippen LogP contribution is -2.10. The SMILES string of the molecule is NCCn1cc(C(=O)OCCCc2ccccc2)nn1. The molecule has 6 heteroatoms. The van der Waals surface area contributed by atoms with Gasteiger partial charge in [0.1, 0.15) is 0 Å². The van der Waals surface area contributed by atoms with Crippen LogP contribution in [0.2, 0.25) is 0 Å². The van der Waals surface area contributed by atoms with Crippen molar-refractivity contribution in [2.24, 2.45) is 5.73 Å². The van der Waals surface area contributed by atoms with E-state index in [1.54, 1.807) is 6.20 Å². The summed E-state index contributed by atoms with van der Waals surface area (Å²) in [6.45, 7) is 1.36. The summed E-state index contributed by atoms with van der Waals surface area (Å²) in [6, 6.07) is 10.1. The summed E-state index contributed by atoms with van der Waals surface area (Å²) in [6.07, 6.45) is 3.22. The molecule has 1 aromatic carbocycles. The Morgan fingerprint density at radius 2 is 2.10 bits per heavy atom. The summed E-state index contributed by atoms with van der Waals surface area (Å²) in [5.41, 5.74) is 6.85. The minimum absolute atomic E-state index is 0.221. The van der Waals surface area contributed by atoms with Crippen LogP contribution in [-0.4, -0.2) is 34.1 Å². The molecule has 0 aliphatic carbocycles. The molecule has 2 rings (SSSR count). The largest absolute Gasteiger partial charge is 0.461 e. The van der Waals surface area contributed by atoms with Crippen LogP contribution in [0, 0.1) is 0 Å². The molecule has 0 saturated heterocycles. The van der Waals surface area contributed by atoms with E-state index < -0.39 is 5.97 Å². The van der Waals surface area contributed by atoms with E-state index in [0.717, 1.165) is 12.8 Å². The first-order valence-electron chi connectivity index (χ1n) is 6.61. The zero-order valence-corrected chi connectivity index (χ0v) is 11.2. The Labute approximate surface area is 117 Å². The lowest BCUT2D eigenvalue weighted by molar-refractivity contribution is 0.0493. The molecule has 2 aromatic rings. The third kappa shape index (κ3) is 4.17. The van der Waals surface area contributed by atoms with E-state index in [1.807, 2.05) is 18.2 Å². The minimum Gasteiger partial charge on any atom is -0.461 e. The first kappa shape index (κ1) is 14.2. The van der Waals surface area contributed by atoms with E-state index in [1.165, 1.54) is 10.2 Å². The van der Waals surface area contributed by atoms with Crippen molar-refractivity contribution in [1.29, 1.82) is 0 Å². The van der Waals surface area contributed by atoms with E-state index in [9.17, 15) is 4.79 Å². The first-order chi connectivity index (χ1) is 9.79. The second-order valence-electron chi connectivity index (χ2n) is 4.38. The Kier molecular flexibility index (Phi) is 5.25. The van der Waals surface area contributed by atoms with Crippen molar-refractivity contribution in [1.82, 2.24) is 15.0 Å². The Morgan fingerprint density at radius 3 is 2.85 bits per heavy atom. The predicted octanol–water partition coefficient (Wildman–Crippen LogP) is 1.03. The van der Waals surface area contributed by atoms with Crippen molar-refractivity contribution in [2.45, 2.75) is 19.4 Å². The molecular weight excluding hydrogens is 256 g/mol. The molecule has 0 aliphatic heterocycles. The van der Waals surface area contributed by atoms with Gasteiger partial charge in [0, 0.05) is 6.54 Å². The highest BCUT2D eigenvalue weighted by Gasteiger charge is 2.11. The number of nitrogens with zero attached hydrogens (tertiary/aromatic N) is 3.